The van der Waals surface area contributed by atoms with Crippen LogP contribution in [0.15, 0.2) is 42.5 Å². The zero-order valence-corrected chi connectivity index (χ0v) is 14.8. The van der Waals surface area contributed by atoms with E-state index in [1.807, 2.05) is 0 Å². The molecule has 0 aliphatic rings. The zero-order chi connectivity index (χ0) is 19.1. The Balaban J connectivity index is 1.97. The highest BCUT2D eigenvalue weighted by molar-refractivity contribution is 5.96. The molecule has 0 heterocycles. The third-order valence-electron chi connectivity index (χ3n) is 3.81. The largest absolute Gasteiger partial charge is 0.497 e. The number of hydrogen-bond acceptors (Lipinski definition) is 4. The maximum Gasteiger partial charge on any atom is 0.254 e. The van der Waals surface area contributed by atoms with Gasteiger partial charge in [0.2, 0.25) is 5.91 Å². The van der Waals surface area contributed by atoms with Crippen molar-refractivity contribution in [3.8, 4) is 11.5 Å². The van der Waals surface area contributed by atoms with E-state index in [0.717, 1.165) is 5.56 Å². The summed E-state index contributed by atoms with van der Waals surface area (Å²) < 4.78 is 24.0. The summed E-state index contributed by atoms with van der Waals surface area (Å²) in [4.78, 5) is 24.1. The molecule has 2 aromatic rings. The molecule has 0 radical (unpaired) electrons. The van der Waals surface area contributed by atoms with Gasteiger partial charge in [0.05, 0.1) is 32.4 Å². The molecule has 2 amide bonds. The summed E-state index contributed by atoms with van der Waals surface area (Å²) >= 11 is 0. The molecule has 0 aliphatic carbocycles. The lowest BCUT2D eigenvalue weighted by Gasteiger charge is -2.18. The Bertz CT molecular complexity index is 795. The predicted octanol–water partition coefficient (Wildman–Crippen LogP) is 2.45. The zero-order valence-electron chi connectivity index (χ0n) is 14.8. The van der Waals surface area contributed by atoms with Gasteiger partial charge < -0.3 is 20.1 Å². The molecule has 138 valence electrons. The molecular weight excluding hydrogens is 339 g/mol. The molecule has 7 heteroatoms. The number of halogens is 1. The minimum absolute atomic E-state index is 0.109. The number of carbonyl (C=O) groups excluding carboxylic acids is 2. The van der Waals surface area contributed by atoms with Crippen LogP contribution in [0.25, 0.3) is 0 Å². The van der Waals surface area contributed by atoms with Crippen molar-refractivity contribution in [3.05, 3.63) is 59.4 Å². The van der Waals surface area contributed by atoms with Gasteiger partial charge in [-0.1, -0.05) is 12.1 Å². The van der Waals surface area contributed by atoms with Gasteiger partial charge in [-0.2, -0.15) is 0 Å². The quantitative estimate of drug-likeness (QED) is 0.795. The van der Waals surface area contributed by atoms with Crippen molar-refractivity contribution in [2.24, 2.45) is 0 Å². The van der Waals surface area contributed by atoms with Gasteiger partial charge in [-0.25, -0.2) is 4.39 Å². The van der Waals surface area contributed by atoms with Gasteiger partial charge in [0.15, 0.2) is 0 Å². The van der Waals surface area contributed by atoms with Crippen LogP contribution in [0.3, 0.4) is 0 Å². The van der Waals surface area contributed by atoms with Gasteiger partial charge in [0, 0.05) is 5.56 Å². The van der Waals surface area contributed by atoms with Crippen molar-refractivity contribution in [2.45, 2.75) is 13.0 Å². The molecule has 0 saturated heterocycles. The summed E-state index contributed by atoms with van der Waals surface area (Å²) in [6, 6.07) is 10.5. The summed E-state index contributed by atoms with van der Waals surface area (Å²) in [5.74, 6) is -0.458. The fraction of sp³-hybridized carbons (Fsp3) is 0.263. The van der Waals surface area contributed by atoms with Crippen molar-refractivity contribution in [3.63, 3.8) is 0 Å². The SMILES string of the molecule is COc1ccc(OC)c([C@@H](C)NC(=O)CNC(=O)c2ccccc2F)c1. The molecule has 2 N–H and O–H groups in total. The van der Waals surface area contributed by atoms with E-state index in [2.05, 4.69) is 10.6 Å². The predicted molar refractivity (Wildman–Crippen MR) is 94.8 cm³/mol. The molecule has 1 atom stereocenters. The van der Waals surface area contributed by atoms with Crippen LogP contribution in [0.4, 0.5) is 4.39 Å². The molecule has 6 nitrogen and oxygen atoms in total. The lowest BCUT2D eigenvalue weighted by molar-refractivity contribution is -0.120. The van der Waals surface area contributed by atoms with E-state index in [1.165, 1.54) is 25.3 Å². The molecule has 2 aromatic carbocycles. The average Bonchev–Trinajstić information content (AvgIpc) is 2.65. The first-order chi connectivity index (χ1) is 12.5. The second-order valence-electron chi connectivity index (χ2n) is 5.56. The van der Waals surface area contributed by atoms with Gasteiger partial charge in [0.25, 0.3) is 5.91 Å². The van der Waals surface area contributed by atoms with Crippen molar-refractivity contribution >= 4 is 11.8 Å². The minimum Gasteiger partial charge on any atom is -0.497 e. The summed E-state index contributed by atoms with van der Waals surface area (Å²) in [6.45, 7) is 1.51. The van der Waals surface area contributed by atoms with Crippen molar-refractivity contribution in [2.75, 3.05) is 20.8 Å². The fourth-order valence-corrected chi connectivity index (χ4v) is 2.45. The summed E-state index contributed by atoms with van der Waals surface area (Å²) in [5, 5.41) is 5.16. The van der Waals surface area contributed by atoms with Crippen LogP contribution in [0.1, 0.15) is 28.9 Å². The number of hydrogen-bond donors (Lipinski definition) is 2. The summed E-state index contributed by atoms with van der Waals surface area (Å²) in [7, 11) is 3.08. The van der Waals surface area contributed by atoms with Crippen molar-refractivity contribution in [1.29, 1.82) is 0 Å². The second-order valence-corrected chi connectivity index (χ2v) is 5.56. The normalized spacial score (nSPS) is 11.4. The van der Waals surface area contributed by atoms with Gasteiger partial charge in [-0.05, 0) is 37.3 Å². The molecule has 2 rings (SSSR count). The summed E-state index contributed by atoms with van der Waals surface area (Å²) in [6.07, 6.45) is 0. The van der Waals surface area contributed by atoms with Crippen LogP contribution >= 0.6 is 0 Å². The van der Waals surface area contributed by atoms with E-state index in [1.54, 1.807) is 38.3 Å². The Hall–Kier alpha value is -3.09. The molecular formula is C19H21FN2O4. The molecule has 0 unspecified atom stereocenters. The Labute approximate surface area is 151 Å². The van der Waals surface area contributed by atoms with Crippen LogP contribution in [0.2, 0.25) is 0 Å². The lowest BCUT2D eigenvalue weighted by Crippen LogP contribution is -2.38. The van der Waals surface area contributed by atoms with E-state index < -0.39 is 17.6 Å². The monoisotopic (exact) mass is 360 g/mol. The molecule has 26 heavy (non-hydrogen) atoms. The van der Waals surface area contributed by atoms with Gasteiger partial charge in [-0.3, -0.25) is 9.59 Å². The standard InChI is InChI=1S/C19H21FN2O4/c1-12(15-10-13(25-2)8-9-17(15)26-3)22-18(23)11-21-19(24)14-6-4-5-7-16(14)20/h4-10,12H,11H2,1-3H3,(H,21,24)(H,22,23)/t12-/m1/s1. The number of amides is 2. The maximum absolute atomic E-state index is 13.6. The van der Waals surface area contributed by atoms with E-state index in [9.17, 15) is 14.0 Å². The molecule has 0 fully saturated rings. The van der Waals surface area contributed by atoms with Gasteiger partial charge >= 0.3 is 0 Å². The second kappa shape index (κ2) is 8.84. The number of rotatable bonds is 7. The van der Waals surface area contributed by atoms with Crippen LogP contribution in [0.5, 0.6) is 11.5 Å². The number of methoxy groups -OCH3 is 2. The average molecular weight is 360 g/mol. The number of benzene rings is 2. The molecule has 0 spiro atoms. The molecule has 0 aliphatic heterocycles. The number of nitrogens with one attached hydrogen (secondary N) is 2. The summed E-state index contributed by atoms with van der Waals surface area (Å²) in [5.41, 5.74) is 0.628. The first-order valence-corrected chi connectivity index (χ1v) is 8.00. The third kappa shape index (κ3) is 4.72. The Morgan fingerprint density at radius 3 is 2.50 bits per heavy atom. The van der Waals surface area contributed by atoms with Crippen LogP contribution in [-0.2, 0) is 4.79 Å². The number of carbonyl (C=O) groups is 2. The molecule has 0 saturated carbocycles. The van der Waals surface area contributed by atoms with E-state index in [-0.39, 0.29) is 18.2 Å². The maximum atomic E-state index is 13.6. The Morgan fingerprint density at radius 2 is 1.85 bits per heavy atom. The van der Waals surface area contributed by atoms with Crippen LogP contribution < -0.4 is 20.1 Å². The van der Waals surface area contributed by atoms with Crippen molar-refractivity contribution < 1.29 is 23.5 Å². The van der Waals surface area contributed by atoms with Crippen LogP contribution in [-0.4, -0.2) is 32.6 Å². The Kier molecular flexibility index (Phi) is 6.54. The van der Waals surface area contributed by atoms with Crippen LogP contribution in [0, 0.1) is 5.82 Å². The van der Waals surface area contributed by atoms with E-state index in [0.29, 0.717) is 11.5 Å². The lowest BCUT2D eigenvalue weighted by atomic mass is 10.1. The van der Waals surface area contributed by atoms with Crippen molar-refractivity contribution in [1.82, 2.24) is 10.6 Å². The first-order valence-electron chi connectivity index (χ1n) is 8.00. The highest BCUT2D eigenvalue weighted by Crippen LogP contribution is 2.29. The van der Waals surface area contributed by atoms with Gasteiger partial charge in [-0.15, -0.1) is 0 Å². The topological polar surface area (TPSA) is 76.7 Å². The van der Waals surface area contributed by atoms with E-state index in [4.69, 9.17) is 9.47 Å². The highest BCUT2D eigenvalue weighted by Gasteiger charge is 2.17. The smallest absolute Gasteiger partial charge is 0.254 e. The van der Waals surface area contributed by atoms with Gasteiger partial charge in [0.1, 0.15) is 17.3 Å². The molecule has 0 bridgehead atoms. The minimum atomic E-state index is -0.648. The van der Waals surface area contributed by atoms with E-state index >= 15 is 0 Å². The number of ether oxygens (including phenoxy) is 2. The third-order valence-corrected chi connectivity index (χ3v) is 3.81. The molecule has 0 aromatic heterocycles. The fourth-order valence-electron chi connectivity index (χ4n) is 2.45. The Morgan fingerprint density at radius 1 is 1.12 bits per heavy atom. The first kappa shape index (κ1) is 19.2. The highest BCUT2D eigenvalue weighted by atomic mass is 19.1.